The van der Waals surface area contributed by atoms with Gasteiger partial charge in [-0.3, -0.25) is 9.80 Å². The van der Waals surface area contributed by atoms with E-state index < -0.39 is 58.8 Å². The van der Waals surface area contributed by atoms with E-state index in [4.69, 9.17) is 16.2 Å². The Morgan fingerprint density at radius 2 is 2.00 bits per heavy atom. The number of amides is 2. The Balaban J connectivity index is 1.47. The second kappa shape index (κ2) is 11.2. The van der Waals surface area contributed by atoms with Crippen LogP contribution in [-0.2, 0) is 12.7 Å². The van der Waals surface area contributed by atoms with Crippen molar-refractivity contribution in [2.75, 3.05) is 25.4 Å². The molecule has 2 atom stereocenters. The van der Waals surface area contributed by atoms with Gasteiger partial charge in [0.05, 0.1) is 22.9 Å². The molecule has 0 bridgehead atoms. The Kier molecular flexibility index (Phi) is 7.78. The predicted octanol–water partition coefficient (Wildman–Crippen LogP) is 3.11. The van der Waals surface area contributed by atoms with Crippen molar-refractivity contribution in [2.24, 2.45) is 21.6 Å². The van der Waals surface area contributed by atoms with Gasteiger partial charge in [0.15, 0.2) is 23.2 Å². The predicted molar refractivity (Wildman–Crippen MR) is 142 cm³/mol. The molecule has 42 heavy (non-hydrogen) atoms. The summed E-state index contributed by atoms with van der Waals surface area (Å²) < 4.78 is 77.5. The number of nitrogens with zero attached hydrogens (tertiary/aromatic N) is 5. The molecule has 15 heteroatoms. The van der Waals surface area contributed by atoms with Gasteiger partial charge >= 0.3 is 12.2 Å². The van der Waals surface area contributed by atoms with E-state index in [0.29, 0.717) is 5.84 Å². The van der Waals surface area contributed by atoms with Crippen molar-refractivity contribution in [1.82, 2.24) is 14.8 Å². The SMILES string of the molecule is CC#Cc1cc2c(c(F)c1-c1nc(N)c(F)cc1C(F)(F)F)OCC1CN(C(=O)/N=C/N=C(N)C3CC3)C(O)CN1C2. The molecule has 2 fully saturated rings. The number of fused-ring (bicyclic) bond motifs is 2. The first-order chi connectivity index (χ1) is 19.9. The van der Waals surface area contributed by atoms with E-state index in [1.54, 1.807) is 4.90 Å². The van der Waals surface area contributed by atoms with Crippen LogP contribution in [0.4, 0.5) is 32.6 Å². The number of aliphatic hydroxyl groups is 1. The first-order valence-corrected chi connectivity index (χ1v) is 12.9. The van der Waals surface area contributed by atoms with Crippen molar-refractivity contribution in [2.45, 2.75) is 44.8 Å². The van der Waals surface area contributed by atoms with Gasteiger partial charge in [-0.05, 0) is 31.9 Å². The second-order valence-corrected chi connectivity index (χ2v) is 10.1. The Hall–Kier alpha value is -4.29. The topological polar surface area (TPSA) is 143 Å². The van der Waals surface area contributed by atoms with E-state index in [1.807, 2.05) is 0 Å². The van der Waals surface area contributed by atoms with E-state index in [9.17, 15) is 27.5 Å². The van der Waals surface area contributed by atoms with Crippen LogP contribution in [-0.4, -0.2) is 70.1 Å². The maximum absolute atomic E-state index is 16.1. The number of pyridine rings is 1. The zero-order valence-corrected chi connectivity index (χ0v) is 22.3. The number of alkyl halides is 3. The lowest BCUT2D eigenvalue weighted by Crippen LogP contribution is -2.60. The van der Waals surface area contributed by atoms with Gasteiger partial charge < -0.3 is 21.3 Å². The normalized spacial score (nSPS) is 21.2. The molecule has 2 aromatic rings. The molecule has 2 unspecified atom stereocenters. The van der Waals surface area contributed by atoms with Crippen LogP contribution in [0.2, 0.25) is 0 Å². The van der Waals surface area contributed by atoms with Gasteiger partial charge in [-0.1, -0.05) is 5.92 Å². The van der Waals surface area contributed by atoms with Crippen LogP contribution in [0.1, 0.15) is 36.5 Å². The van der Waals surface area contributed by atoms with Gasteiger partial charge in [-0.15, -0.1) is 5.92 Å². The number of ether oxygens (including phenoxy) is 1. The molecule has 1 saturated carbocycles. The van der Waals surface area contributed by atoms with Crippen molar-refractivity contribution in [3.63, 3.8) is 0 Å². The van der Waals surface area contributed by atoms with Crippen LogP contribution in [0.25, 0.3) is 11.3 Å². The molecule has 1 aromatic heterocycles. The molecule has 3 aliphatic rings. The van der Waals surface area contributed by atoms with E-state index in [1.165, 1.54) is 13.0 Å². The summed E-state index contributed by atoms with van der Waals surface area (Å²) in [5.41, 5.74) is 8.26. The number of aromatic nitrogens is 1. The number of hydrogen-bond acceptors (Lipinski definition) is 6. The molecule has 1 aromatic carbocycles. The number of carbonyl (C=O) groups excluding carboxylic acids is 1. The van der Waals surface area contributed by atoms with Crippen LogP contribution in [0, 0.1) is 29.4 Å². The van der Waals surface area contributed by atoms with Crippen molar-refractivity contribution in [3.05, 3.63) is 40.5 Å². The Labute approximate surface area is 236 Å². The summed E-state index contributed by atoms with van der Waals surface area (Å²) in [6, 6.07) is 0.234. The Morgan fingerprint density at radius 1 is 1.26 bits per heavy atom. The number of urea groups is 1. The van der Waals surface area contributed by atoms with E-state index >= 15 is 4.39 Å². The monoisotopic (exact) mass is 591 g/mol. The highest BCUT2D eigenvalue weighted by molar-refractivity contribution is 5.93. The fourth-order valence-corrected chi connectivity index (χ4v) is 4.91. The number of rotatable bonds is 3. The summed E-state index contributed by atoms with van der Waals surface area (Å²) in [5, 5.41) is 10.7. The van der Waals surface area contributed by atoms with Crippen LogP contribution in [0.15, 0.2) is 22.1 Å². The molecule has 0 radical (unpaired) electrons. The van der Waals surface area contributed by atoms with Crippen LogP contribution < -0.4 is 16.2 Å². The highest BCUT2D eigenvalue weighted by atomic mass is 19.4. The third-order valence-corrected chi connectivity index (χ3v) is 7.19. The van der Waals surface area contributed by atoms with Gasteiger partial charge in [0.25, 0.3) is 0 Å². The fourth-order valence-electron chi connectivity index (χ4n) is 4.91. The molecule has 10 nitrogen and oxygen atoms in total. The zero-order valence-electron chi connectivity index (χ0n) is 22.3. The molecule has 1 aliphatic carbocycles. The van der Waals surface area contributed by atoms with Crippen LogP contribution >= 0.6 is 0 Å². The average molecular weight is 592 g/mol. The summed E-state index contributed by atoms with van der Waals surface area (Å²) in [6.45, 7) is 1.16. The molecule has 2 aliphatic heterocycles. The summed E-state index contributed by atoms with van der Waals surface area (Å²) in [7, 11) is 0. The van der Waals surface area contributed by atoms with Crippen molar-refractivity contribution in [1.29, 1.82) is 0 Å². The molecule has 5 rings (SSSR count). The number of anilines is 1. The van der Waals surface area contributed by atoms with Crippen LogP contribution in [0.3, 0.4) is 0 Å². The number of aliphatic imine (C=N–C) groups is 2. The average Bonchev–Trinajstić information content (AvgIpc) is 3.77. The van der Waals surface area contributed by atoms with E-state index in [-0.39, 0.29) is 55.1 Å². The number of halogens is 5. The molecule has 1 saturated heterocycles. The first kappa shape index (κ1) is 29.2. The largest absolute Gasteiger partial charge is 0.488 e. The maximum Gasteiger partial charge on any atom is 0.418 e. The number of benzene rings is 1. The molecule has 0 spiro atoms. The fraction of sp³-hybridized carbons (Fsp3) is 0.407. The van der Waals surface area contributed by atoms with Crippen molar-refractivity contribution >= 4 is 24.0 Å². The van der Waals surface area contributed by atoms with Gasteiger partial charge in [-0.2, -0.15) is 18.2 Å². The van der Waals surface area contributed by atoms with E-state index in [0.717, 1.165) is 24.1 Å². The van der Waals surface area contributed by atoms with Gasteiger partial charge in [-0.25, -0.2) is 23.6 Å². The summed E-state index contributed by atoms with van der Waals surface area (Å²) >= 11 is 0. The quantitative estimate of drug-likeness (QED) is 0.216. The third kappa shape index (κ3) is 5.72. The van der Waals surface area contributed by atoms with E-state index in [2.05, 4.69) is 26.8 Å². The number of hydrogen-bond donors (Lipinski definition) is 3. The molecular formula is C27H26F5N7O3. The summed E-state index contributed by atoms with van der Waals surface area (Å²) in [5.74, 6) is 1.92. The lowest BCUT2D eigenvalue weighted by molar-refractivity contribution is -0.137. The van der Waals surface area contributed by atoms with Gasteiger partial charge in [0, 0.05) is 36.7 Å². The zero-order chi connectivity index (χ0) is 30.3. The first-order valence-electron chi connectivity index (χ1n) is 12.9. The van der Waals surface area contributed by atoms with Gasteiger partial charge in [0.1, 0.15) is 25.0 Å². The van der Waals surface area contributed by atoms with Gasteiger partial charge in [0.2, 0.25) is 0 Å². The second-order valence-electron chi connectivity index (χ2n) is 10.1. The molecule has 2 amide bonds. The highest BCUT2D eigenvalue weighted by Crippen LogP contribution is 2.43. The lowest BCUT2D eigenvalue weighted by Gasteiger charge is -2.42. The minimum atomic E-state index is -5.09. The third-order valence-electron chi connectivity index (χ3n) is 7.19. The standard InChI is InChI=1S/C27H26F5N7O3/c1-2-3-14-6-15-8-38-10-19(40)39(26(41)36-12-35-24(33)13-4-5-13)9-16(38)11-42-23(15)21(29)20(14)22-17(27(30,31)32)7-18(28)25(34)37-22/h6-7,12-13,16,19,40H,4-5,8-11H2,1H3,(H2,34,37)(H2,33,35,36,41). The molecule has 222 valence electrons. The Morgan fingerprint density at radius 3 is 2.67 bits per heavy atom. The lowest BCUT2D eigenvalue weighted by atomic mass is 9.95. The maximum atomic E-state index is 16.1. The Bertz CT molecular complexity index is 1550. The highest BCUT2D eigenvalue weighted by Gasteiger charge is 2.41. The smallest absolute Gasteiger partial charge is 0.418 e. The number of nitrogens with two attached hydrogens (primary N) is 2. The minimum absolute atomic E-state index is 0.0191. The number of piperazine rings is 1. The number of amidine groups is 1. The van der Waals surface area contributed by atoms with Crippen molar-refractivity contribution < 1.29 is 36.6 Å². The van der Waals surface area contributed by atoms with Crippen molar-refractivity contribution in [3.8, 4) is 28.8 Å². The van der Waals surface area contributed by atoms with Crippen LogP contribution in [0.5, 0.6) is 5.75 Å². The molecular weight excluding hydrogens is 565 g/mol. The summed E-state index contributed by atoms with van der Waals surface area (Å²) in [4.78, 5) is 26.8. The summed E-state index contributed by atoms with van der Waals surface area (Å²) in [6.07, 6.45) is -3.47. The molecule has 5 N–H and O–H groups in total. The number of aliphatic hydroxyl groups excluding tert-OH is 1. The minimum Gasteiger partial charge on any atom is -0.488 e. The molecule has 3 heterocycles. The number of nitrogen functional groups attached to an aromatic ring is 1. The number of carbonyl (C=O) groups is 1.